The van der Waals surface area contributed by atoms with E-state index in [2.05, 4.69) is 28.9 Å². The van der Waals surface area contributed by atoms with Gasteiger partial charge in [-0.15, -0.1) is 0 Å². The fourth-order valence-electron chi connectivity index (χ4n) is 5.57. The molecule has 1 aromatic rings. The number of piperidine rings is 1. The zero-order valence-electron chi connectivity index (χ0n) is 21.9. The molecule has 1 aromatic carbocycles. The maximum Gasteiger partial charge on any atom is 0.223 e. The van der Waals surface area contributed by atoms with Crippen LogP contribution in [0.1, 0.15) is 44.6 Å². The number of benzene rings is 1. The highest BCUT2D eigenvalue weighted by atomic mass is 16.2. The molecule has 0 unspecified atom stereocenters. The summed E-state index contributed by atoms with van der Waals surface area (Å²) in [6.45, 7) is 6.45. The molecule has 1 heterocycles. The minimum Gasteiger partial charge on any atom is -0.383 e. The summed E-state index contributed by atoms with van der Waals surface area (Å²) in [5.41, 5.74) is 2.13. The molecule has 1 aliphatic heterocycles. The van der Waals surface area contributed by atoms with E-state index in [0.29, 0.717) is 37.3 Å². The maximum absolute atomic E-state index is 13.5. The van der Waals surface area contributed by atoms with E-state index in [1.807, 2.05) is 62.4 Å². The molecular weight excluding hydrogens is 424 g/mol. The molecule has 2 fully saturated rings. The lowest BCUT2D eigenvalue weighted by Crippen LogP contribution is -2.52. The maximum atomic E-state index is 13.5. The Bertz CT molecular complexity index is 836. The molecule has 0 N–H and O–H groups in total. The van der Waals surface area contributed by atoms with Crippen molar-refractivity contribution in [1.29, 1.82) is 0 Å². The molecule has 6 nitrogen and oxygen atoms in total. The summed E-state index contributed by atoms with van der Waals surface area (Å²) < 4.78 is 0. The van der Waals surface area contributed by atoms with Gasteiger partial charge in [0.05, 0.1) is 0 Å². The Labute approximate surface area is 206 Å². The van der Waals surface area contributed by atoms with Gasteiger partial charge in [-0.05, 0) is 57.3 Å². The Morgan fingerprint density at radius 2 is 1.82 bits per heavy atom. The molecule has 0 spiro atoms. The molecule has 1 saturated heterocycles. The van der Waals surface area contributed by atoms with Gasteiger partial charge < -0.3 is 14.7 Å². The van der Waals surface area contributed by atoms with Gasteiger partial charge in [-0.3, -0.25) is 14.5 Å². The van der Waals surface area contributed by atoms with Crippen LogP contribution in [-0.4, -0.2) is 91.7 Å². The van der Waals surface area contributed by atoms with E-state index in [0.717, 1.165) is 51.0 Å². The van der Waals surface area contributed by atoms with E-state index < -0.39 is 0 Å². The lowest BCUT2D eigenvalue weighted by molar-refractivity contribution is -0.134. The van der Waals surface area contributed by atoms with Crippen LogP contribution in [0.4, 0.5) is 0 Å². The summed E-state index contributed by atoms with van der Waals surface area (Å²) >= 11 is 0. The van der Waals surface area contributed by atoms with Crippen LogP contribution >= 0.6 is 0 Å². The minimum atomic E-state index is 0.237. The Balaban J connectivity index is 1.69. The van der Waals surface area contributed by atoms with Crippen LogP contribution in [-0.2, 0) is 16.1 Å². The topological polar surface area (TPSA) is 47.1 Å². The average Bonchev–Trinajstić information content (AvgIpc) is 2.78. The van der Waals surface area contributed by atoms with Gasteiger partial charge in [0.2, 0.25) is 5.91 Å². The Morgan fingerprint density at radius 1 is 1.09 bits per heavy atom. The third-order valence-corrected chi connectivity index (χ3v) is 7.15. The Hall–Kier alpha value is -2.18. The highest BCUT2D eigenvalue weighted by molar-refractivity contribution is 5.96. The molecule has 1 saturated carbocycles. The Kier molecular flexibility index (Phi) is 9.72. The first-order chi connectivity index (χ1) is 16.3. The van der Waals surface area contributed by atoms with Gasteiger partial charge in [0.1, 0.15) is 0 Å². The number of carbonyl (C=O) groups is 2. The van der Waals surface area contributed by atoms with Gasteiger partial charge in [-0.1, -0.05) is 37.3 Å². The summed E-state index contributed by atoms with van der Waals surface area (Å²) in [6.07, 6.45) is 6.09. The van der Waals surface area contributed by atoms with Crippen LogP contribution in [0.2, 0.25) is 0 Å². The predicted molar refractivity (Wildman–Crippen MR) is 138 cm³/mol. The molecule has 34 heavy (non-hydrogen) atoms. The number of nitrogens with zero attached hydrogens (tertiary/aromatic N) is 4. The zero-order chi connectivity index (χ0) is 24.7. The SMILES string of the molecule is CCCN1C[C@@H](CC(=O)N(CCN(C)C)Cc2ccccc2)C[C@@H]2CC(=O)C(=CN(C)C)C[C@H]21. The number of hydrogen-bond donors (Lipinski definition) is 0. The van der Waals surface area contributed by atoms with Crippen molar-refractivity contribution < 1.29 is 9.59 Å². The van der Waals surface area contributed by atoms with E-state index in [4.69, 9.17) is 0 Å². The first-order valence-electron chi connectivity index (χ1n) is 12.9. The molecular formula is C28H44N4O2. The second kappa shape index (κ2) is 12.5. The van der Waals surface area contributed by atoms with Gasteiger partial charge >= 0.3 is 0 Å². The van der Waals surface area contributed by atoms with E-state index in [1.54, 1.807) is 0 Å². The number of ketones is 1. The van der Waals surface area contributed by atoms with Crippen molar-refractivity contribution in [1.82, 2.24) is 19.6 Å². The second-order valence-electron chi connectivity index (χ2n) is 10.7. The molecule has 0 radical (unpaired) electrons. The summed E-state index contributed by atoms with van der Waals surface area (Å²) in [5.74, 6) is 1.19. The monoisotopic (exact) mass is 468 g/mol. The second-order valence-corrected chi connectivity index (χ2v) is 10.7. The molecule has 1 aliphatic carbocycles. The summed E-state index contributed by atoms with van der Waals surface area (Å²) in [5, 5.41) is 0. The first-order valence-corrected chi connectivity index (χ1v) is 12.9. The normalized spacial score (nSPS) is 24.4. The number of hydrogen-bond acceptors (Lipinski definition) is 5. The quantitative estimate of drug-likeness (QED) is 0.492. The Morgan fingerprint density at radius 3 is 2.47 bits per heavy atom. The first kappa shape index (κ1) is 26.4. The lowest BCUT2D eigenvalue weighted by Gasteiger charge is -2.47. The molecule has 6 heteroatoms. The van der Waals surface area contributed by atoms with Gasteiger partial charge in [0.25, 0.3) is 0 Å². The lowest BCUT2D eigenvalue weighted by atomic mass is 9.72. The van der Waals surface area contributed by atoms with Gasteiger partial charge in [-0.25, -0.2) is 0 Å². The minimum absolute atomic E-state index is 0.237. The zero-order valence-corrected chi connectivity index (χ0v) is 21.9. The third-order valence-electron chi connectivity index (χ3n) is 7.15. The number of likely N-dealkylation sites (tertiary alicyclic amines) is 1. The van der Waals surface area contributed by atoms with Crippen molar-refractivity contribution in [2.45, 2.75) is 51.6 Å². The fourth-order valence-corrected chi connectivity index (χ4v) is 5.57. The van der Waals surface area contributed by atoms with Crippen molar-refractivity contribution in [2.75, 3.05) is 54.4 Å². The van der Waals surface area contributed by atoms with Crippen LogP contribution in [0.5, 0.6) is 0 Å². The fraction of sp³-hybridized carbons (Fsp3) is 0.643. The number of likely N-dealkylation sites (N-methyl/N-ethyl adjacent to an activating group) is 1. The van der Waals surface area contributed by atoms with Gasteiger partial charge in [0.15, 0.2) is 5.78 Å². The highest BCUT2D eigenvalue weighted by Gasteiger charge is 2.41. The number of carbonyl (C=O) groups excluding carboxylic acids is 2. The summed E-state index contributed by atoms with van der Waals surface area (Å²) in [7, 11) is 8.06. The number of fused-ring (bicyclic) bond motifs is 1. The molecule has 0 aromatic heterocycles. The van der Waals surface area contributed by atoms with Gasteiger partial charge in [0, 0.05) is 70.9 Å². The van der Waals surface area contributed by atoms with Crippen molar-refractivity contribution in [3.8, 4) is 0 Å². The number of amides is 1. The van der Waals surface area contributed by atoms with Crippen LogP contribution in [0.3, 0.4) is 0 Å². The van der Waals surface area contributed by atoms with Crippen molar-refractivity contribution in [2.24, 2.45) is 11.8 Å². The van der Waals surface area contributed by atoms with Gasteiger partial charge in [-0.2, -0.15) is 0 Å². The third kappa shape index (κ3) is 7.41. The van der Waals surface area contributed by atoms with Crippen LogP contribution in [0.25, 0.3) is 0 Å². The largest absolute Gasteiger partial charge is 0.383 e. The van der Waals surface area contributed by atoms with Crippen LogP contribution in [0.15, 0.2) is 42.1 Å². The van der Waals surface area contributed by atoms with Crippen molar-refractivity contribution in [3.63, 3.8) is 0 Å². The van der Waals surface area contributed by atoms with E-state index >= 15 is 0 Å². The molecule has 1 amide bonds. The summed E-state index contributed by atoms with van der Waals surface area (Å²) in [4.78, 5) is 35.1. The average molecular weight is 469 g/mol. The predicted octanol–water partition coefficient (Wildman–Crippen LogP) is 3.49. The van der Waals surface area contributed by atoms with E-state index in [1.165, 1.54) is 5.56 Å². The molecule has 3 atom stereocenters. The van der Waals surface area contributed by atoms with Crippen molar-refractivity contribution >= 4 is 11.7 Å². The van der Waals surface area contributed by atoms with E-state index in [-0.39, 0.29) is 11.7 Å². The molecule has 188 valence electrons. The number of Topliss-reactive ketones (excluding diaryl/α,β-unsaturated/α-hetero) is 1. The molecule has 2 aliphatic rings. The summed E-state index contributed by atoms with van der Waals surface area (Å²) in [6, 6.07) is 10.7. The van der Waals surface area contributed by atoms with Crippen molar-refractivity contribution in [3.05, 3.63) is 47.7 Å². The molecule has 3 rings (SSSR count). The smallest absolute Gasteiger partial charge is 0.223 e. The van der Waals surface area contributed by atoms with E-state index in [9.17, 15) is 9.59 Å². The van der Waals surface area contributed by atoms with Crippen LogP contribution in [0, 0.1) is 11.8 Å². The number of rotatable bonds is 10. The highest BCUT2D eigenvalue weighted by Crippen LogP contribution is 2.39. The standard InChI is InChI=1S/C28H44N4O2/c1-6-12-31-20-23(15-24-18-27(33)25(17-26(24)31)21-30(4)5)16-28(34)32(14-13-29(2)3)19-22-10-8-7-9-11-22/h7-11,21,23-24,26H,6,12-20H2,1-5H3/t23-,24-,26-/m1/s1. The van der Waals surface area contributed by atoms with Crippen LogP contribution < -0.4 is 0 Å². The molecule has 0 bridgehead atoms.